The zero-order valence-corrected chi connectivity index (χ0v) is 10.6. The molecule has 3 N–H and O–H groups in total. The van der Waals surface area contributed by atoms with Crippen molar-refractivity contribution in [3.63, 3.8) is 0 Å². The van der Waals surface area contributed by atoms with Crippen molar-refractivity contribution in [1.29, 1.82) is 0 Å². The van der Waals surface area contributed by atoms with Gasteiger partial charge >= 0.3 is 0 Å². The molecule has 1 aromatic rings. The van der Waals surface area contributed by atoms with Crippen molar-refractivity contribution in [1.82, 2.24) is 5.43 Å². The minimum absolute atomic E-state index is 0.0957. The molecule has 1 aliphatic rings. The first-order valence-corrected chi connectivity index (χ1v) is 6.42. The molecule has 0 spiro atoms. The molecule has 1 saturated heterocycles. The highest BCUT2D eigenvalue weighted by atomic mass is 16.5. The van der Waals surface area contributed by atoms with E-state index in [1.165, 1.54) is 11.1 Å². The maximum absolute atomic E-state index is 5.79. The van der Waals surface area contributed by atoms with E-state index < -0.39 is 0 Å². The Balaban J connectivity index is 2.16. The number of ether oxygens (including phenoxy) is 1. The highest BCUT2D eigenvalue weighted by Crippen LogP contribution is 2.30. The van der Waals surface area contributed by atoms with Gasteiger partial charge in [-0.25, -0.2) is 0 Å². The summed E-state index contributed by atoms with van der Waals surface area (Å²) < 4.78 is 5.79. The fourth-order valence-corrected chi connectivity index (χ4v) is 2.48. The Morgan fingerprint density at radius 2 is 2.12 bits per heavy atom. The Morgan fingerprint density at radius 3 is 2.59 bits per heavy atom. The maximum Gasteiger partial charge on any atom is 0.0808 e. The number of hydrogen-bond donors (Lipinski definition) is 2. The molecule has 1 aromatic carbocycles. The molecule has 0 bridgehead atoms. The molecule has 1 fully saturated rings. The molecule has 3 nitrogen and oxygen atoms in total. The van der Waals surface area contributed by atoms with Crippen LogP contribution in [0.15, 0.2) is 24.3 Å². The molecular weight excluding hydrogens is 212 g/mol. The largest absolute Gasteiger partial charge is 0.376 e. The number of benzene rings is 1. The summed E-state index contributed by atoms with van der Waals surface area (Å²) in [6, 6.07) is 8.73. The molecule has 17 heavy (non-hydrogen) atoms. The van der Waals surface area contributed by atoms with Crippen molar-refractivity contribution in [3.05, 3.63) is 35.4 Å². The number of nitrogens with one attached hydrogen (secondary N) is 1. The minimum Gasteiger partial charge on any atom is -0.376 e. The monoisotopic (exact) mass is 234 g/mol. The van der Waals surface area contributed by atoms with Crippen LogP contribution in [0, 0.1) is 5.92 Å². The average Bonchev–Trinajstić information content (AvgIpc) is 2.78. The van der Waals surface area contributed by atoms with Crippen molar-refractivity contribution >= 4 is 0 Å². The van der Waals surface area contributed by atoms with Crippen molar-refractivity contribution in [3.8, 4) is 0 Å². The van der Waals surface area contributed by atoms with Gasteiger partial charge in [-0.15, -0.1) is 0 Å². The lowest BCUT2D eigenvalue weighted by Crippen LogP contribution is -2.38. The summed E-state index contributed by atoms with van der Waals surface area (Å²) in [5.74, 6) is 6.24. The third-order valence-corrected chi connectivity index (χ3v) is 3.70. The summed E-state index contributed by atoms with van der Waals surface area (Å²) in [6.07, 6.45) is 2.38. The molecule has 94 valence electrons. The molecular formula is C14H22N2O. The van der Waals surface area contributed by atoms with Gasteiger partial charge in [0, 0.05) is 6.61 Å². The van der Waals surface area contributed by atoms with Crippen LogP contribution in [0.2, 0.25) is 0 Å². The second-order valence-electron chi connectivity index (χ2n) is 4.84. The molecule has 0 aliphatic carbocycles. The van der Waals surface area contributed by atoms with Gasteiger partial charge in [0.15, 0.2) is 0 Å². The van der Waals surface area contributed by atoms with Crippen LogP contribution in [0.4, 0.5) is 0 Å². The first kappa shape index (κ1) is 12.6. The van der Waals surface area contributed by atoms with E-state index in [4.69, 9.17) is 10.6 Å². The molecule has 3 heteroatoms. The van der Waals surface area contributed by atoms with Crippen molar-refractivity contribution < 1.29 is 4.74 Å². The van der Waals surface area contributed by atoms with E-state index in [2.05, 4.69) is 43.5 Å². The molecule has 0 radical (unpaired) electrons. The SMILES string of the molecule is CCc1ccc(C(NN)C2OCCC2C)cc1. The summed E-state index contributed by atoms with van der Waals surface area (Å²) in [5.41, 5.74) is 5.47. The van der Waals surface area contributed by atoms with E-state index >= 15 is 0 Å². The van der Waals surface area contributed by atoms with Crippen LogP contribution in [0.5, 0.6) is 0 Å². The third-order valence-electron chi connectivity index (χ3n) is 3.70. The topological polar surface area (TPSA) is 47.3 Å². The second-order valence-corrected chi connectivity index (χ2v) is 4.84. The predicted molar refractivity (Wildman–Crippen MR) is 69.4 cm³/mol. The van der Waals surface area contributed by atoms with E-state index in [-0.39, 0.29) is 12.1 Å². The summed E-state index contributed by atoms with van der Waals surface area (Å²) in [5, 5.41) is 0. The Kier molecular flexibility index (Phi) is 4.15. The van der Waals surface area contributed by atoms with Crippen LogP contribution >= 0.6 is 0 Å². The van der Waals surface area contributed by atoms with Crippen LogP contribution in [0.3, 0.4) is 0 Å². The number of hydrazine groups is 1. The summed E-state index contributed by atoms with van der Waals surface area (Å²) in [4.78, 5) is 0. The molecule has 0 aromatic heterocycles. The molecule has 1 aliphatic heterocycles. The molecule has 3 atom stereocenters. The fourth-order valence-electron chi connectivity index (χ4n) is 2.48. The maximum atomic E-state index is 5.79. The van der Waals surface area contributed by atoms with E-state index in [0.29, 0.717) is 5.92 Å². The lowest BCUT2D eigenvalue weighted by Gasteiger charge is -2.26. The Hall–Kier alpha value is -0.900. The highest BCUT2D eigenvalue weighted by molar-refractivity contribution is 5.26. The van der Waals surface area contributed by atoms with Gasteiger partial charge in [-0.1, -0.05) is 38.1 Å². The number of hydrogen-bond acceptors (Lipinski definition) is 3. The van der Waals surface area contributed by atoms with E-state index in [9.17, 15) is 0 Å². The highest BCUT2D eigenvalue weighted by Gasteiger charge is 2.32. The van der Waals surface area contributed by atoms with Crippen LogP contribution < -0.4 is 11.3 Å². The fraction of sp³-hybridized carbons (Fsp3) is 0.571. The quantitative estimate of drug-likeness (QED) is 0.620. The zero-order valence-electron chi connectivity index (χ0n) is 10.6. The Bertz CT molecular complexity index is 350. The number of rotatable bonds is 4. The normalized spacial score (nSPS) is 26.1. The number of nitrogens with two attached hydrogens (primary N) is 1. The lowest BCUT2D eigenvalue weighted by atomic mass is 9.92. The molecule has 1 heterocycles. The summed E-state index contributed by atoms with van der Waals surface area (Å²) in [7, 11) is 0. The van der Waals surface area contributed by atoms with Crippen LogP contribution in [0.1, 0.15) is 37.4 Å². The molecule has 0 amide bonds. The molecule has 0 saturated carbocycles. The molecule has 2 rings (SSSR count). The summed E-state index contributed by atoms with van der Waals surface area (Å²) >= 11 is 0. The predicted octanol–water partition coefficient (Wildman–Crippen LogP) is 2.18. The van der Waals surface area contributed by atoms with Crippen molar-refractivity contribution in [2.24, 2.45) is 11.8 Å². The Morgan fingerprint density at radius 1 is 1.41 bits per heavy atom. The van der Waals surface area contributed by atoms with Gasteiger partial charge in [0.25, 0.3) is 0 Å². The average molecular weight is 234 g/mol. The van der Waals surface area contributed by atoms with Gasteiger partial charge in [-0.2, -0.15) is 0 Å². The van der Waals surface area contributed by atoms with Gasteiger partial charge < -0.3 is 4.74 Å². The smallest absolute Gasteiger partial charge is 0.0808 e. The van der Waals surface area contributed by atoms with Crippen molar-refractivity contribution in [2.75, 3.05) is 6.61 Å². The van der Waals surface area contributed by atoms with Gasteiger partial charge in [0.05, 0.1) is 12.1 Å². The van der Waals surface area contributed by atoms with Gasteiger partial charge in [0.1, 0.15) is 0 Å². The van der Waals surface area contributed by atoms with Crippen molar-refractivity contribution in [2.45, 2.75) is 38.8 Å². The molecule has 3 unspecified atom stereocenters. The van der Waals surface area contributed by atoms with Crippen LogP contribution in [0.25, 0.3) is 0 Å². The lowest BCUT2D eigenvalue weighted by molar-refractivity contribution is 0.0607. The van der Waals surface area contributed by atoms with E-state index in [0.717, 1.165) is 19.4 Å². The first-order valence-electron chi connectivity index (χ1n) is 6.42. The summed E-state index contributed by atoms with van der Waals surface area (Å²) in [6.45, 7) is 5.23. The Labute approximate surface area is 103 Å². The first-order chi connectivity index (χ1) is 8.26. The van der Waals surface area contributed by atoms with E-state index in [1.54, 1.807) is 0 Å². The van der Waals surface area contributed by atoms with Gasteiger partial charge in [-0.05, 0) is 29.9 Å². The van der Waals surface area contributed by atoms with Crippen LogP contribution in [-0.4, -0.2) is 12.7 Å². The number of aryl methyl sites for hydroxylation is 1. The minimum atomic E-state index is 0.0957. The van der Waals surface area contributed by atoms with E-state index in [1.807, 2.05) is 0 Å². The zero-order chi connectivity index (χ0) is 12.3. The van der Waals surface area contributed by atoms with Crippen LogP contribution in [-0.2, 0) is 11.2 Å². The van der Waals surface area contributed by atoms with Gasteiger partial charge in [0.2, 0.25) is 0 Å². The second kappa shape index (κ2) is 5.63. The third kappa shape index (κ3) is 2.68. The standard InChI is InChI=1S/C14H22N2O/c1-3-11-4-6-12(7-5-11)13(16-15)14-10(2)8-9-17-14/h4-7,10,13-14,16H,3,8-9,15H2,1-2H3. The van der Waals surface area contributed by atoms with Gasteiger partial charge in [-0.3, -0.25) is 11.3 Å².